The maximum absolute atomic E-state index is 12.7. The van der Waals surface area contributed by atoms with E-state index in [1.165, 1.54) is 12.1 Å². The van der Waals surface area contributed by atoms with Crippen molar-refractivity contribution in [3.05, 3.63) is 35.6 Å². The molecule has 1 aromatic carbocycles. The molecule has 18 heavy (non-hydrogen) atoms. The first-order chi connectivity index (χ1) is 8.65. The number of amides is 1. The summed E-state index contributed by atoms with van der Waals surface area (Å²) < 4.78 is 12.7. The van der Waals surface area contributed by atoms with E-state index in [1.807, 2.05) is 6.92 Å². The number of hydrogen-bond acceptors (Lipinski definition) is 2. The fourth-order valence-corrected chi connectivity index (χ4v) is 1.73. The molecule has 0 aliphatic carbocycles. The number of hydrogen-bond donors (Lipinski definition) is 2. The third-order valence-electron chi connectivity index (χ3n) is 3.03. The Morgan fingerprint density at radius 3 is 2.61 bits per heavy atom. The van der Waals surface area contributed by atoms with Crippen molar-refractivity contribution in [3.8, 4) is 0 Å². The van der Waals surface area contributed by atoms with Gasteiger partial charge in [0.15, 0.2) is 0 Å². The van der Waals surface area contributed by atoms with E-state index in [0.717, 1.165) is 12.0 Å². The monoisotopic (exact) mass is 252 g/mol. The van der Waals surface area contributed by atoms with Gasteiger partial charge in [0.1, 0.15) is 5.82 Å². The molecule has 0 heterocycles. The molecule has 100 valence electrons. The summed E-state index contributed by atoms with van der Waals surface area (Å²) in [5, 5.41) is 2.86. The summed E-state index contributed by atoms with van der Waals surface area (Å²) in [6.07, 6.45) is 2.11. The fraction of sp³-hybridized carbons (Fsp3) is 0.500. The van der Waals surface area contributed by atoms with Crippen molar-refractivity contribution < 1.29 is 9.18 Å². The van der Waals surface area contributed by atoms with Crippen molar-refractivity contribution in [2.24, 2.45) is 11.7 Å². The molecular weight excluding hydrogens is 231 g/mol. The average molecular weight is 252 g/mol. The molecule has 0 bridgehead atoms. The van der Waals surface area contributed by atoms with Crippen LogP contribution in [0.3, 0.4) is 0 Å². The van der Waals surface area contributed by atoms with Crippen LogP contribution in [0.1, 0.15) is 25.3 Å². The van der Waals surface area contributed by atoms with Gasteiger partial charge in [0.05, 0.1) is 0 Å². The van der Waals surface area contributed by atoms with E-state index < -0.39 is 0 Å². The summed E-state index contributed by atoms with van der Waals surface area (Å²) in [6, 6.07) is 6.32. The molecule has 3 nitrogen and oxygen atoms in total. The first-order valence-corrected chi connectivity index (χ1v) is 6.37. The van der Waals surface area contributed by atoms with Gasteiger partial charge in [-0.3, -0.25) is 4.79 Å². The lowest BCUT2D eigenvalue weighted by Crippen LogP contribution is -2.29. The van der Waals surface area contributed by atoms with Crippen LogP contribution in [0, 0.1) is 11.7 Å². The molecule has 1 unspecified atom stereocenters. The van der Waals surface area contributed by atoms with E-state index in [4.69, 9.17) is 5.73 Å². The standard InChI is InChI=1S/C14H21FN2O/c1-2-11(10-16)9-14(18)17-8-7-12-3-5-13(15)6-4-12/h3-6,11H,2,7-10,16H2,1H3,(H,17,18). The normalized spacial score (nSPS) is 12.2. The number of rotatable bonds is 7. The van der Waals surface area contributed by atoms with Crippen LogP contribution in [0.15, 0.2) is 24.3 Å². The summed E-state index contributed by atoms with van der Waals surface area (Å²) in [4.78, 5) is 11.6. The van der Waals surface area contributed by atoms with Crippen molar-refractivity contribution in [2.45, 2.75) is 26.2 Å². The second-order valence-corrected chi connectivity index (χ2v) is 4.44. The number of carbonyl (C=O) groups excluding carboxylic acids is 1. The van der Waals surface area contributed by atoms with Gasteiger partial charge in [0.25, 0.3) is 0 Å². The molecule has 0 spiro atoms. The maximum atomic E-state index is 12.7. The summed E-state index contributed by atoms with van der Waals surface area (Å²) in [7, 11) is 0. The Balaban J connectivity index is 2.25. The highest BCUT2D eigenvalue weighted by atomic mass is 19.1. The predicted octanol–water partition coefficient (Wildman–Crippen LogP) is 1.86. The van der Waals surface area contributed by atoms with Crippen molar-refractivity contribution in [1.82, 2.24) is 5.32 Å². The van der Waals surface area contributed by atoms with Gasteiger partial charge in [-0.25, -0.2) is 4.39 Å². The van der Waals surface area contributed by atoms with Gasteiger partial charge < -0.3 is 11.1 Å². The predicted molar refractivity (Wildman–Crippen MR) is 70.6 cm³/mol. The molecule has 1 amide bonds. The van der Waals surface area contributed by atoms with Crippen LogP contribution in [0.2, 0.25) is 0 Å². The number of halogens is 1. The summed E-state index contributed by atoms with van der Waals surface area (Å²) in [6.45, 7) is 3.15. The second kappa shape index (κ2) is 7.82. The molecule has 0 aromatic heterocycles. The molecule has 1 rings (SSSR count). The lowest BCUT2D eigenvalue weighted by atomic mass is 10.0. The zero-order valence-corrected chi connectivity index (χ0v) is 10.8. The van der Waals surface area contributed by atoms with Crippen molar-refractivity contribution in [2.75, 3.05) is 13.1 Å². The first kappa shape index (κ1) is 14.6. The largest absolute Gasteiger partial charge is 0.356 e. The summed E-state index contributed by atoms with van der Waals surface area (Å²) in [5.74, 6) is 0.0572. The Kier molecular flexibility index (Phi) is 6.36. The van der Waals surface area contributed by atoms with E-state index in [1.54, 1.807) is 12.1 Å². The number of nitrogens with one attached hydrogen (secondary N) is 1. The number of nitrogens with two attached hydrogens (primary N) is 1. The van der Waals surface area contributed by atoms with Gasteiger partial charge >= 0.3 is 0 Å². The van der Waals surface area contributed by atoms with E-state index in [-0.39, 0.29) is 17.6 Å². The second-order valence-electron chi connectivity index (χ2n) is 4.44. The Bertz CT molecular complexity index is 361. The minimum Gasteiger partial charge on any atom is -0.356 e. The Labute approximate surface area is 108 Å². The lowest BCUT2D eigenvalue weighted by molar-refractivity contribution is -0.121. The topological polar surface area (TPSA) is 55.1 Å². The molecule has 0 aliphatic rings. The first-order valence-electron chi connectivity index (χ1n) is 6.37. The SMILES string of the molecule is CCC(CN)CC(=O)NCCc1ccc(F)cc1. The highest BCUT2D eigenvalue weighted by Gasteiger charge is 2.09. The quantitative estimate of drug-likeness (QED) is 0.778. The Hall–Kier alpha value is -1.42. The molecule has 1 atom stereocenters. The van der Waals surface area contributed by atoms with Crippen LogP contribution in [0.5, 0.6) is 0 Å². The van der Waals surface area contributed by atoms with Crippen molar-refractivity contribution in [1.29, 1.82) is 0 Å². The number of carbonyl (C=O) groups is 1. The molecule has 0 radical (unpaired) electrons. The molecule has 0 aliphatic heterocycles. The minimum absolute atomic E-state index is 0.0365. The van der Waals surface area contributed by atoms with Gasteiger partial charge in [0, 0.05) is 13.0 Å². The van der Waals surface area contributed by atoms with Gasteiger partial charge in [0.2, 0.25) is 5.91 Å². The van der Waals surface area contributed by atoms with Crippen LogP contribution in [0.4, 0.5) is 4.39 Å². The number of benzene rings is 1. The van der Waals surface area contributed by atoms with Crippen LogP contribution in [-0.4, -0.2) is 19.0 Å². The van der Waals surface area contributed by atoms with Gasteiger partial charge in [-0.2, -0.15) is 0 Å². The van der Waals surface area contributed by atoms with Gasteiger partial charge in [-0.1, -0.05) is 25.5 Å². The summed E-state index contributed by atoms with van der Waals surface area (Å²) >= 11 is 0. The molecule has 0 fully saturated rings. The van der Waals surface area contributed by atoms with Crippen LogP contribution in [0.25, 0.3) is 0 Å². The zero-order valence-electron chi connectivity index (χ0n) is 10.8. The van der Waals surface area contributed by atoms with E-state index in [0.29, 0.717) is 25.9 Å². The highest BCUT2D eigenvalue weighted by molar-refractivity contribution is 5.76. The third kappa shape index (κ3) is 5.27. The van der Waals surface area contributed by atoms with Crippen molar-refractivity contribution in [3.63, 3.8) is 0 Å². The van der Waals surface area contributed by atoms with Gasteiger partial charge in [-0.15, -0.1) is 0 Å². The minimum atomic E-state index is -0.239. The maximum Gasteiger partial charge on any atom is 0.220 e. The van der Waals surface area contributed by atoms with E-state index in [9.17, 15) is 9.18 Å². The molecule has 4 heteroatoms. The van der Waals surface area contributed by atoms with Crippen LogP contribution >= 0.6 is 0 Å². The Morgan fingerprint density at radius 2 is 2.06 bits per heavy atom. The lowest BCUT2D eigenvalue weighted by Gasteiger charge is -2.11. The Morgan fingerprint density at radius 1 is 1.39 bits per heavy atom. The highest BCUT2D eigenvalue weighted by Crippen LogP contribution is 2.06. The van der Waals surface area contributed by atoms with E-state index >= 15 is 0 Å². The molecule has 3 N–H and O–H groups in total. The average Bonchev–Trinajstić information content (AvgIpc) is 2.38. The molecule has 1 aromatic rings. The molecular formula is C14H21FN2O. The zero-order chi connectivity index (χ0) is 13.4. The van der Waals surface area contributed by atoms with Crippen molar-refractivity contribution >= 4 is 5.91 Å². The molecule has 0 saturated heterocycles. The smallest absolute Gasteiger partial charge is 0.220 e. The van der Waals surface area contributed by atoms with Gasteiger partial charge in [-0.05, 0) is 36.6 Å². The summed E-state index contributed by atoms with van der Waals surface area (Å²) in [5.41, 5.74) is 6.57. The van der Waals surface area contributed by atoms with Crippen LogP contribution < -0.4 is 11.1 Å². The molecule has 0 saturated carbocycles. The van der Waals surface area contributed by atoms with E-state index in [2.05, 4.69) is 5.32 Å². The fourth-order valence-electron chi connectivity index (χ4n) is 1.73. The van der Waals surface area contributed by atoms with Crippen LogP contribution in [-0.2, 0) is 11.2 Å². The third-order valence-corrected chi connectivity index (χ3v) is 3.03.